The second kappa shape index (κ2) is 8.94. The summed E-state index contributed by atoms with van der Waals surface area (Å²) in [6.07, 6.45) is 6.99. The lowest BCUT2D eigenvalue weighted by Crippen LogP contribution is -2.53. The molecule has 0 heterocycles. The zero-order valence-electron chi connectivity index (χ0n) is 15.1. The highest BCUT2D eigenvalue weighted by atomic mass is 19.1. The molecule has 1 aromatic rings. The molecule has 0 radical (unpaired) electrons. The molecular weight excluding hydrogens is 321 g/mol. The van der Waals surface area contributed by atoms with Gasteiger partial charge in [-0.3, -0.25) is 9.59 Å². The molecule has 0 unspecified atom stereocenters. The summed E-state index contributed by atoms with van der Waals surface area (Å²) in [6.45, 7) is 0.505. The lowest BCUT2D eigenvalue weighted by atomic mass is 9.88. The molecule has 1 aliphatic carbocycles. The van der Waals surface area contributed by atoms with Crippen LogP contribution in [0.25, 0.3) is 0 Å². The Bertz CT molecular complexity index is 579. The van der Waals surface area contributed by atoms with E-state index >= 15 is 0 Å². The van der Waals surface area contributed by atoms with Crippen LogP contribution < -0.4 is 10.6 Å². The molecule has 1 aromatic carbocycles. The van der Waals surface area contributed by atoms with Gasteiger partial charge in [-0.2, -0.15) is 0 Å². The van der Waals surface area contributed by atoms with Gasteiger partial charge in [0, 0.05) is 17.6 Å². The van der Waals surface area contributed by atoms with E-state index in [2.05, 4.69) is 29.6 Å². The van der Waals surface area contributed by atoms with Crippen LogP contribution in [0.5, 0.6) is 0 Å². The number of likely N-dealkylation sites (N-methyl/N-ethyl adjacent to an activating group) is 1. The van der Waals surface area contributed by atoms with Crippen LogP contribution in [-0.2, 0) is 4.79 Å². The van der Waals surface area contributed by atoms with Gasteiger partial charge in [0.15, 0.2) is 0 Å². The predicted octanol–water partition coefficient (Wildman–Crippen LogP) is 2.33. The van der Waals surface area contributed by atoms with Crippen molar-refractivity contribution < 1.29 is 14.0 Å². The Hall–Kier alpha value is -1.95. The fourth-order valence-electron chi connectivity index (χ4n) is 3.36. The number of hydrogen-bond acceptors (Lipinski definition) is 3. The van der Waals surface area contributed by atoms with E-state index < -0.39 is 5.82 Å². The summed E-state index contributed by atoms with van der Waals surface area (Å²) < 4.78 is 12.9. The van der Waals surface area contributed by atoms with Crippen molar-refractivity contribution in [2.24, 2.45) is 0 Å². The molecule has 0 aliphatic heterocycles. The first-order valence-corrected chi connectivity index (χ1v) is 8.91. The summed E-state index contributed by atoms with van der Waals surface area (Å²) in [6, 6.07) is 5.24. The molecule has 0 spiro atoms. The van der Waals surface area contributed by atoms with Crippen molar-refractivity contribution in [1.29, 1.82) is 0 Å². The molecule has 138 valence electrons. The summed E-state index contributed by atoms with van der Waals surface area (Å²) in [5.41, 5.74) is 0.329. The molecule has 6 heteroatoms. The molecule has 0 atom stereocenters. The average Bonchev–Trinajstić information content (AvgIpc) is 2.85. The van der Waals surface area contributed by atoms with E-state index in [1.807, 2.05) is 0 Å². The van der Waals surface area contributed by atoms with Gasteiger partial charge in [0.2, 0.25) is 5.91 Å². The normalized spacial score (nSPS) is 17.0. The summed E-state index contributed by atoms with van der Waals surface area (Å²) in [7, 11) is 4.13. The minimum Gasteiger partial charge on any atom is -0.353 e. The molecule has 5 nitrogen and oxygen atoms in total. The van der Waals surface area contributed by atoms with Crippen LogP contribution >= 0.6 is 0 Å². The first-order chi connectivity index (χ1) is 11.9. The van der Waals surface area contributed by atoms with E-state index in [0.717, 1.165) is 12.8 Å². The van der Waals surface area contributed by atoms with E-state index in [1.54, 1.807) is 0 Å². The van der Waals surface area contributed by atoms with Gasteiger partial charge in [-0.25, -0.2) is 4.39 Å². The molecular formula is C19H28FN3O2. The van der Waals surface area contributed by atoms with Crippen LogP contribution in [0.1, 0.15) is 48.9 Å². The Morgan fingerprint density at radius 1 is 1.04 bits per heavy atom. The lowest BCUT2D eigenvalue weighted by Gasteiger charge is -2.39. The van der Waals surface area contributed by atoms with E-state index in [0.29, 0.717) is 12.1 Å². The number of benzene rings is 1. The lowest BCUT2D eigenvalue weighted by molar-refractivity contribution is -0.120. The summed E-state index contributed by atoms with van der Waals surface area (Å²) in [4.78, 5) is 26.3. The standard InChI is InChI=1S/C19H28FN3O2/c1-23(2)19(11-5-3-4-6-12-19)14-22-17(24)13-21-18(25)15-7-9-16(20)10-8-15/h7-10H,3-6,11-14H2,1-2H3,(H,21,25)(H,22,24). The third-order valence-electron chi connectivity index (χ3n) is 5.11. The van der Waals surface area contributed by atoms with E-state index in [-0.39, 0.29) is 23.9 Å². The maximum Gasteiger partial charge on any atom is 0.251 e. The second-order valence-electron chi connectivity index (χ2n) is 7.00. The molecule has 1 fully saturated rings. The van der Waals surface area contributed by atoms with Crippen molar-refractivity contribution in [2.75, 3.05) is 27.2 Å². The van der Waals surface area contributed by atoms with Gasteiger partial charge in [-0.1, -0.05) is 25.7 Å². The highest BCUT2D eigenvalue weighted by molar-refractivity contribution is 5.96. The van der Waals surface area contributed by atoms with Gasteiger partial charge >= 0.3 is 0 Å². The zero-order valence-corrected chi connectivity index (χ0v) is 15.1. The number of rotatable bonds is 6. The first-order valence-electron chi connectivity index (χ1n) is 8.91. The molecule has 2 amide bonds. The van der Waals surface area contributed by atoms with Crippen LogP contribution in [0.15, 0.2) is 24.3 Å². The van der Waals surface area contributed by atoms with Crippen LogP contribution in [0.2, 0.25) is 0 Å². The first kappa shape index (κ1) is 19.4. The highest BCUT2D eigenvalue weighted by Gasteiger charge is 2.33. The van der Waals surface area contributed by atoms with Gasteiger partial charge in [0.05, 0.1) is 6.54 Å². The largest absolute Gasteiger partial charge is 0.353 e. The fraction of sp³-hybridized carbons (Fsp3) is 0.579. The zero-order chi connectivity index (χ0) is 18.3. The second-order valence-corrected chi connectivity index (χ2v) is 7.00. The van der Waals surface area contributed by atoms with Crippen molar-refractivity contribution in [3.05, 3.63) is 35.6 Å². The third kappa shape index (κ3) is 5.53. The molecule has 2 rings (SSSR count). The van der Waals surface area contributed by atoms with Crippen LogP contribution in [0.3, 0.4) is 0 Å². The molecule has 0 bridgehead atoms. The highest BCUT2D eigenvalue weighted by Crippen LogP contribution is 2.30. The Morgan fingerprint density at radius 2 is 1.64 bits per heavy atom. The number of halogens is 1. The molecule has 1 aliphatic rings. The van der Waals surface area contributed by atoms with Gasteiger partial charge < -0.3 is 15.5 Å². The van der Waals surface area contributed by atoms with E-state index in [9.17, 15) is 14.0 Å². The molecule has 25 heavy (non-hydrogen) atoms. The molecule has 0 aromatic heterocycles. The number of nitrogens with one attached hydrogen (secondary N) is 2. The maximum atomic E-state index is 12.9. The number of carbonyl (C=O) groups excluding carboxylic acids is 2. The third-order valence-corrected chi connectivity index (χ3v) is 5.11. The smallest absolute Gasteiger partial charge is 0.251 e. The summed E-state index contributed by atoms with van der Waals surface area (Å²) in [5.74, 6) is -0.987. The van der Waals surface area contributed by atoms with Crippen molar-refractivity contribution in [3.63, 3.8) is 0 Å². The van der Waals surface area contributed by atoms with Crippen molar-refractivity contribution >= 4 is 11.8 Å². The van der Waals surface area contributed by atoms with Crippen molar-refractivity contribution in [3.8, 4) is 0 Å². The van der Waals surface area contributed by atoms with Crippen LogP contribution in [0.4, 0.5) is 4.39 Å². The number of hydrogen-bond donors (Lipinski definition) is 2. The minimum atomic E-state index is -0.397. The fourth-order valence-corrected chi connectivity index (χ4v) is 3.36. The number of amides is 2. The average molecular weight is 349 g/mol. The van der Waals surface area contributed by atoms with Crippen molar-refractivity contribution in [1.82, 2.24) is 15.5 Å². The van der Waals surface area contributed by atoms with Crippen molar-refractivity contribution in [2.45, 2.75) is 44.1 Å². The Kier molecular flexibility index (Phi) is 6.93. The van der Waals surface area contributed by atoms with Gasteiger partial charge in [-0.15, -0.1) is 0 Å². The summed E-state index contributed by atoms with van der Waals surface area (Å²) >= 11 is 0. The monoisotopic (exact) mass is 349 g/mol. The molecule has 0 saturated heterocycles. The maximum absolute atomic E-state index is 12.9. The van der Waals surface area contributed by atoms with Gasteiger partial charge in [-0.05, 0) is 51.2 Å². The summed E-state index contributed by atoms with van der Waals surface area (Å²) in [5, 5.41) is 5.54. The van der Waals surface area contributed by atoms with E-state index in [1.165, 1.54) is 49.9 Å². The van der Waals surface area contributed by atoms with Gasteiger partial charge in [0.25, 0.3) is 5.91 Å². The Morgan fingerprint density at radius 3 is 2.20 bits per heavy atom. The van der Waals surface area contributed by atoms with Gasteiger partial charge in [0.1, 0.15) is 5.82 Å². The molecule has 2 N–H and O–H groups in total. The number of carbonyl (C=O) groups is 2. The van der Waals surface area contributed by atoms with Crippen LogP contribution in [-0.4, -0.2) is 49.4 Å². The van der Waals surface area contributed by atoms with E-state index in [4.69, 9.17) is 0 Å². The molecule has 1 saturated carbocycles. The minimum absolute atomic E-state index is 0.00682. The quantitative estimate of drug-likeness (QED) is 0.775. The predicted molar refractivity (Wildman–Crippen MR) is 95.9 cm³/mol. The topological polar surface area (TPSA) is 61.4 Å². The SMILES string of the molecule is CN(C)C1(CNC(=O)CNC(=O)c2ccc(F)cc2)CCCCCC1. The Labute approximate surface area is 149 Å². The Balaban J connectivity index is 1.82. The number of nitrogens with zero attached hydrogens (tertiary/aromatic N) is 1. The van der Waals surface area contributed by atoms with Crippen LogP contribution in [0, 0.1) is 5.82 Å².